The fraction of sp³-hybridized carbons (Fsp3) is 0.250. The van der Waals surface area contributed by atoms with Gasteiger partial charge >= 0.3 is 0 Å². The van der Waals surface area contributed by atoms with Gasteiger partial charge in [0.25, 0.3) is 11.8 Å². The number of nitrogens with one attached hydrogen (secondary N) is 1. The fourth-order valence-electron chi connectivity index (χ4n) is 1.97. The molecule has 0 atom stereocenters. The van der Waals surface area contributed by atoms with Crippen molar-refractivity contribution in [2.75, 3.05) is 0 Å². The Balaban J connectivity index is 2.43. The van der Waals surface area contributed by atoms with E-state index >= 15 is 0 Å². The number of hydrogen-bond acceptors (Lipinski definition) is 2. The Morgan fingerprint density at radius 1 is 0.842 bits per heavy atom. The Hall–Kier alpha value is -2.16. The summed E-state index contributed by atoms with van der Waals surface area (Å²) < 4.78 is 0. The molecule has 0 saturated heterocycles. The second-order valence-corrected chi connectivity index (χ2v) is 4.73. The Labute approximate surface area is 113 Å². The fourth-order valence-corrected chi connectivity index (χ4v) is 1.97. The lowest BCUT2D eigenvalue weighted by Crippen LogP contribution is -2.31. The predicted octanol–water partition coefficient (Wildman–Crippen LogP) is 2.32. The van der Waals surface area contributed by atoms with E-state index in [1.807, 2.05) is 24.3 Å². The van der Waals surface area contributed by atoms with Crippen molar-refractivity contribution >= 4 is 11.8 Å². The number of rotatable bonds is 0. The SMILES string of the molecule is CC1=CCc2ccccc2CC=C(C)C(=O)NC1=O. The molecule has 3 nitrogen and oxygen atoms in total. The van der Waals surface area contributed by atoms with Crippen LogP contribution in [0, 0.1) is 0 Å². The highest BCUT2D eigenvalue weighted by atomic mass is 16.2. The first-order chi connectivity index (χ1) is 9.08. The van der Waals surface area contributed by atoms with Crippen molar-refractivity contribution in [2.24, 2.45) is 0 Å². The number of carbonyl (C=O) groups is 2. The van der Waals surface area contributed by atoms with Gasteiger partial charge in [-0.15, -0.1) is 0 Å². The summed E-state index contributed by atoms with van der Waals surface area (Å²) in [4.78, 5) is 23.6. The summed E-state index contributed by atoms with van der Waals surface area (Å²) in [7, 11) is 0. The molecule has 2 amide bonds. The number of benzene rings is 1. The van der Waals surface area contributed by atoms with E-state index in [1.165, 1.54) is 11.1 Å². The highest BCUT2D eigenvalue weighted by molar-refractivity contribution is 6.09. The molecule has 0 saturated carbocycles. The molecule has 1 N–H and O–H groups in total. The van der Waals surface area contributed by atoms with Crippen molar-refractivity contribution in [3.05, 3.63) is 58.7 Å². The molecule has 1 aliphatic rings. The minimum absolute atomic E-state index is 0.322. The zero-order chi connectivity index (χ0) is 13.8. The summed E-state index contributed by atoms with van der Waals surface area (Å²) in [6.07, 6.45) is 5.14. The second kappa shape index (κ2) is 5.65. The van der Waals surface area contributed by atoms with Crippen LogP contribution in [0.1, 0.15) is 25.0 Å². The molecular weight excluding hydrogens is 238 g/mol. The Morgan fingerprint density at radius 3 is 1.68 bits per heavy atom. The minimum Gasteiger partial charge on any atom is -0.289 e. The number of hydrogen-bond donors (Lipinski definition) is 1. The molecular formula is C16H17NO2. The van der Waals surface area contributed by atoms with E-state index in [2.05, 4.69) is 17.4 Å². The van der Waals surface area contributed by atoms with E-state index in [-0.39, 0.29) is 11.8 Å². The molecule has 0 spiro atoms. The molecule has 0 unspecified atom stereocenters. The van der Waals surface area contributed by atoms with Crippen molar-refractivity contribution in [1.82, 2.24) is 5.32 Å². The molecule has 0 bridgehead atoms. The molecule has 0 aromatic heterocycles. The number of carbonyl (C=O) groups excluding carboxylic acids is 2. The largest absolute Gasteiger partial charge is 0.289 e. The van der Waals surface area contributed by atoms with E-state index in [1.54, 1.807) is 13.8 Å². The maximum absolute atomic E-state index is 11.8. The Bertz CT molecular complexity index is 531. The highest BCUT2D eigenvalue weighted by Gasteiger charge is 2.12. The standard InChI is InChI=1S/C16H17NO2/c1-11-7-9-13-5-3-4-6-14(13)10-8-12(2)16(19)17-15(11)18/h3-8H,9-10H2,1-2H3,(H,17,18,19). The van der Waals surface area contributed by atoms with Gasteiger partial charge in [0.1, 0.15) is 0 Å². The lowest BCUT2D eigenvalue weighted by molar-refractivity contribution is -0.126. The predicted molar refractivity (Wildman–Crippen MR) is 74.5 cm³/mol. The van der Waals surface area contributed by atoms with Gasteiger partial charge in [0.05, 0.1) is 0 Å². The van der Waals surface area contributed by atoms with Crippen LogP contribution in [0.2, 0.25) is 0 Å². The third-order valence-corrected chi connectivity index (χ3v) is 3.32. The van der Waals surface area contributed by atoms with Gasteiger partial charge in [-0.3, -0.25) is 14.9 Å². The van der Waals surface area contributed by atoms with Crippen molar-refractivity contribution in [1.29, 1.82) is 0 Å². The molecule has 0 fully saturated rings. The summed E-state index contributed by atoms with van der Waals surface area (Å²) in [5.74, 6) is -0.644. The number of allylic oxidation sites excluding steroid dienone is 2. The Morgan fingerprint density at radius 2 is 1.26 bits per heavy atom. The van der Waals surface area contributed by atoms with Gasteiger partial charge in [-0.2, -0.15) is 0 Å². The van der Waals surface area contributed by atoms with Crippen LogP contribution in [0.5, 0.6) is 0 Å². The van der Waals surface area contributed by atoms with Crippen LogP contribution in [0.4, 0.5) is 0 Å². The van der Waals surface area contributed by atoms with Crippen LogP contribution in [-0.2, 0) is 22.4 Å². The summed E-state index contributed by atoms with van der Waals surface area (Å²) in [6.45, 7) is 3.45. The molecule has 0 radical (unpaired) electrons. The topological polar surface area (TPSA) is 46.2 Å². The van der Waals surface area contributed by atoms with E-state index in [9.17, 15) is 9.59 Å². The maximum atomic E-state index is 11.8. The van der Waals surface area contributed by atoms with Crippen molar-refractivity contribution in [3.63, 3.8) is 0 Å². The highest BCUT2D eigenvalue weighted by Crippen LogP contribution is 2.14. The molecule has 1 heterocycles. The van der Waals surface area contributed by atoms with Crippen LogP contribution in [-0.4, -0.2) is 11.8 Å². The average Bonchev–Trinajstić information content (AvgIpc) is 2.43. The van der Waals surface area contributed by atoms with Gasteiger partial charge in [-0.1, -0.05) is 36.4 Å². The minimum atomic E-state index is -0.322. The summed E-state index contributed by atoms with van der Waals surface area (Å²) in [5.41, 5.74) is 3.51. The monoisotopic (exact) mass is 255 g/mol. The molecule has 98 valence electrons. The van der Waals surface area contributed by atoms with E-state index < -0.39 is 0 Å². The Kier molecular flexibility index (Phi) is 3.95. The van der Waals surface area contributed by atoms with Crippen molar-refractivity contribution in [2.45, 2.75) is 26.7 Å². The van der Waals surface area contributed by atoms with E-state index in [0.29, 0.717) is 24.0 Å². The van der Waals surface area contributed by atoms with Crippen LogP contribution in [0.25, 0.3) is 0 Å². The van der Waals surface area contributed by atoms with Gasteiger partial charge in [-0.25, -0.2) is 0 Å². The quantitative estimate of drug-likeness (QED) is 0.723. The van der Waals surface area contributed by atoms with Gasteiger partial charge < -0.3 is 0 Å². The number of fused-ring (bicyclic) bond motifs is 1. The number of amides is 2. The van der Waals surface area contributed by atoms with Crippen molar-refractivity contribution < 1.29 is 9.59 Å². The number of imide groups is 1. The first-order valence-corrected chi connectivity index (χ1v) is 6.34. The third-order valence-electron chi connectivity index (χ3n) is 3.32. The van der Waals surface area contributed by atoms with Crippen LogP contribution in [0.15, 0.2) is 47.6 Å². The third kappa shape index (κ3) is 3.19. The molecule has 19 heavy (non-hydrogen) atoms. The molecule has 1 aliphatic heterocycles. The summed E-state index contributed by atoms with van der Waals surface area (Å²) in [6, 6.07) is 8.09. The lowest BCUT2D eigenvalue weighted by Gasteiger charge is -2.05. The zero-order valence-electron chi connectivity index (χ0n) is 11.2. The van der Waals surface area contributed by atoms with E-state index in [4.69, 9.17) is 0 Å². The summed E-state index contributed by atoms with van der Waals surface area (Å²) in [5, 5.41) is 2.39. The van der Waals surface area contributed by atoms with Crippen LogP contribution in [0.3, 0.4) is 0 Å². The van der Waals surface area contributed by atoms with E-state index in [0.717, 1.165) is 0 Å². The van der Waals surface area contributed by atoms with Crippen molar-refractivity contribution in [3.8, 4) is 0 Å². The first kappa shape index (κ1) is 13.3. The van der Waals surface area contributed by atoms with Crippen LogP contribution < -0.4 is 5.32 Å². The average molecular weight is 255 g/mol. The molecule has 1 aromatic carbocycles. The lowest BCUT2D eigenvalue weighted by atomic mass is 10.00. The van der Waals surface area contributed by atoms with Gasteiger partial charge in [0.2, 0.25) is 0 Å². The summed E-state index contributed by atoms with van der Waals surface area (Å²) >= 11 is 0. The smallest absolute Gasteiger partial charge is 0.253 e. The van der Waals surface area contributed by atoms with Gasteiger partial charge in [0, 0.05) is 11.1 Å². The molecule has 1 aromatic rings. The maximum Gasteiger partial charge on any atom is 0.253 e. The zero-order valence-corrected chi connectivity index (χ0v) is 11.2. The molecule has 0 aliphatic carbocycles. The first-order valence-electron chi connectivity index (χ1n) is 6.34. The van der Waals surface area contributed by atoms with Crippen LogP contribution >= 0.6 is 0 Å². The van der Waals surface area contributed by atoms with Gasteiger partial charge in [-0.05, 0) is 37.8 Å². The molecule has 3 heteroatoms. The second-order valence-electron chi connectivity index (χ2n) is 4.73. The molecule has 2 rings (SSSR count). The van der Waals surface area contributed by atoms with Gasteiger partial charge in [0.15, 0.2) is 0 Å². The normalized spacial score (nSPS) is 16.7.